The lowest BCUT2D eigenvalue weighted by molar-refractivity contribution is 1.25. The maximum absolute atomic E-state index is 8.39. The van der Waals surface area contributed by atoms with Crippen LogP contribution in [0.1, 0.15) is 6.42 Å². The van der Waals surface area contributed by atoms with Crippen LogP contribution in [0.15, 0.2) is 28.6 Å². The van der Waals surface area contributed by atoms with Gasteiger partial charge in [-0.3, -0.25) is 0 Å². The SMILES string of the molecule is N#CCCSSc1nc2ccccc2s1. The topological polar surface area (TPSA) is 36.7 Å². The summed E-state index contributed by atoms with van der Waals surface area (Å²) in [5, 5.41) is 8.39. The second-order valence-electron chi connectivity index (χ2n) is 2.76. The molecule has 0 atom stereocenters. The smallest absolute Gasteiger partial charge is 0.161 e. The molecule has 15 heavy (non-hydrogen) atoms. The van der Waals surface area contributed by atoms with Crippen molar-refractivity contribution in [1.82, 2.24) is 4.98 Å². The Morgan fingerprint density at radius 1 is 1.40 bits per heavy atom. The average Bonchev–Trinajstić information content (AvgIpc) is 2.67. The van der Waals surface area contributed by atoms with Crippen molar-refractivity contribution in [2.45, 2.75) is 10.8 Å². The minimum Gasteiger partial charge on any atom is -0.229 e. The molecule has 0 saturated carbocycles. The van der Waals surface area contributed by atoms with Gasteiger partial charge in [0.2, 0.25) is 0 Å². The molecule has 0 aliphatic heterocycles. The molecule has 0 amide bonds. The van der Waals surface area contributed by atoms with Gasteiger partial charge in [-0.1, -0.05) is 22.9 Å². The highest BCUT2D eigenvalue weighted by molar-refractivity contribution is 8.77. The van der Waals surface area contributed by atoms with Gasteiger partial charge in [0.25, 0.3) is 0 Å². The number of para-hydroxylation sites is 1. The second-order valence-corrected chi connectivity index (χ2v) is 6.45. The first kappa shape index (κ1) is 10.8. The van der Waals surface area contributed by atoms with E-state index in [-0.39, 0.29) is 0 Å². The average molecular weight is 252 g/mol. The number of hydrogen-bond donors (Lipinski definition) is 0. The Kier molecular flexibility index (Phi) is 3.89. The molecule has 0 aliphatic rings. The van der Waals surface area contributed by atoms with Crippen molar-refractivity contribution in [2.24, 2.45) is 0 Å². The summed E-state index contributed by atoms with van der Waals surface area (Å²) in [6.07, 6.45) is 0.600. The fraction of sp³-hybridized carbons (Fsp3) is 0.200. The number of hydrogen-bond acceptors (Lipinski definition) is 5. The molecule has 0 fully saturated rings. The van der Waals surface area contributed by atoms with Crippen molar-refractivity contribution in [3.8, 4) is 6.07 Å². The molecule has 0 unspecified atom stereocenters. The third-order valence-electron chi connectivity index (χ3n) is 1.70. The van der Waals surface area contributed by atoms with E-state index in [1.165, 1.54) is 4.70 Å². The van der Waals surface area contributed by atoms with Gasteiger partial charge in [-0.2, -0.15) is 5.26 Å². The van der Waals surface area contributed by atoms with Gasteiger partial charge >= 0.3 is 0 Å². The van der Waals surface area contributed by atoms with Crippen LogP contribution < -0.4 is 0 Å². The van der Waals surface area contributed by atoms with Gasteiger partial charge < -0.3 is 0 Å². The lowest BCUT2D eigenvalue weighted by atomic mass is 10.3. The molecule has 0 aliphatic carbocycles. The first-order valence-corrected chi connectivity index (χ1v) is 7.55. The van der Waals surface area contributed by atoms with Crippen molar-refractivity contribution in [2.75, 3.05) is 5.75 Å². The van der Waals surface area contributed by atoms with E-state index in [0.29, 0.717) is 6.42 Å². The molecule has 1 aromatic carbocycles. The summed E-state index contributed by atoms with van der Waals surface area (Å²) in [5.41, 5.74) is 1.06. The number of nitriles is 1. The largest absolute Gasteiger partial charge is 0.229 e. The van der Waals surface area contributed by atoms with E-state index >= 15 is 0 Å². The van der Waals surface area contributed by atoms with E-state index < -0.39 is 0 Å². The summed E-state index contributed by atoms with van der Waals surface area (Å²) in [6.45, 7) is 0. The van der Waals surface area contributed by atoms with E-state index in [1.807, 2.05) is 18.2 Å². The van der Waals surface area contributed by atoms with Crippen molar-refractivity contribution >= 4 is 43.1 Å². The molecule has 2 aromatic rings. The summed E-state index contributed by atoms with van der Waals surface area (Å²) in [6, 6.07) is 10.3. The molecule has 2 nitrogen and oxygen atoms in total. The fourth-order valence-electron chi connectivity index (χ4n) is 1.07. The number of benzene rings is 1. The van der Waals surface area contributed by atoms with Crippen LogP contribution in [-0.2, 0) is 0 Å². The Hall–Kier alpha value is -0.700. The number of nitrogens with zero attached hydrogens (tertiary/aromatic N) is 2. The summed E-state index contributed by atoms with van der Waals surface area (Å²) in [5.74, 6) is 0.858. The maximum Gasteiger partial charge on any atom is 0.161 e. The Morgan fingerprint density at radius 3 is 3.07 bits per heavy atom. The Bertz CT molecular complexity index is 454. The van der Waals surface area contributed by atoms with E-state index in [2.05, 4.69) is 17.1 Å². The first-order chi connectivity index (χ1) is 7.40. The first-order valence-electron chi connectivity index (χ1n) is 4.42. The molecule has 0 bridgehead atoms. The predicted octanol–water partition coefficient (Wildman–Crippen LogP) is 3.95. The highest BCUT2D eigenvalue weighted by atomic mass is 33.1. The molecular formula is C10H8N2S3. The highest BCUT2D eigenvalue weighted by Crippen LogP contribution is 2.36. The summed E-state index contributed by atoms with van der Waals surface area (Å²) in [7, 11) is 3.35. The minimum atomic E-state index is 0.600. The van der Waals surface area contributed by atoms with Gasteiger partial charge in [0.05, 0.1) is 16.3 Å². The Labute approximate surface area is 100 Å². The number of fused-ring (bicyclic) bond motifs is 1. The van der Waals surface area contributed by atoms with E-state index in [9.17, 15) is 0 Å². The monoisotopic (exact) mass is 252 g/mol. The lowest BCUT2D eigenvalue weighted by Gasteiger charge is -1.91. The third-order valence-corrected chi connectivity index (χ3v) is 5.40. The molecule has 76 valence electrons. The maximum atomic E-state index is 8.39. The van der Waals surface area contributed by atoms with Crippen LogP contribution in [0.2, 0.25) is 0 Å². The van der Waals surface area contributed by atoms with Gasteiger partial charge in [-0.25, -0.2) is 4.98 Å². The van der Waals surface area contributed by atoms with Crippen LogP contribution in [0.3, 0.4) is 0 Å². The fourth-order valence-corrected chi connectivity index (χ4v) is 4.32. The van der Waals surface area contributed by atoms with Gasteiger partial charge in [0.1, 0.15) is 0 Å². The summed E-state index contributed by atoms with van der Waals surface area (Å²) in [4.78, 5) is 4.49. The number of thiazole rings is 1. The zero-order chi connectivity index (χ0) is 10.5. The van der Waals surface area contributed by atoms with Crippen LogP contribution in [0.4, 0.5) is 0 Å². The van der Waals surface area contributed by atoms with E-state index in [0.717, 1.165) is 15.6 Å². The molecule has 1 aromatic heterocycles. The summed E-state index contributed by atoms with van der Waals surface area (Å²) < 4.78 is 2.29. The van der Waals surface area contributed by atoms with E-state index in [4.69, 9.17) is 5.26 Å². The molecule has 0 radical (unpaired) electrons. The zero-order valence-corrected chi connectivity index (χ0v) is 10.3. The number of rotatable bonds is 4. The van der Waals surface area contributed by atoms with Crippen LogP contribution in [0.25, 0.3) is 10.2 Å². The zero-order valence-electron chi connectivity index (χ0n) is 7.84. The number of aromatic nitrogens is 1. The van der Waals surface area contributed by atoms with Gasteiger partial charge in [-0.05, 0) is 22.9 Å². The Balaban J connectivity index is 2.00. The van der Waals surface area contributed by atoms with Gasteiger partial charge in [0.15, 0.2) is 4.34 Å². The second kappa shape index (κ2) is 5.40. The van der Waals surface area contributed by atoms with Crippen LogP contribution in [-0.4, -0.2) is 10.7 Å². The molecule has 5 heteroatoms. The standard InChI is InChI=1S/C10H8N2S3/c11-6-3-7-13-15-10-12-8-4-1-2-5-9(8)14-10/h1-2,4-5H,3,7H2. The molecule has 2 rings (SSSR count). The summed E-state index contributed by atoms with van der Waals surface area (Å²) >= 11 is 1.70. The van der Waals surface area contributed by atoms with Gasteiger partial charge in [-0.15, -0.1) is 11.3 Å². The highest BCUT2D eigenvalue weighted by Gasteiger charge is 2.03. The van der Waals surface area contributed by atoms with Crippen LogP contribution in [0, 0.1) is 11.3 Å². The van der Waals surface area contributed by atoms with Crippen LogP contribution in [0.5, 0.6) is 0 Å². The van der Waals surface area contributed by atoms with Crippen molar-refractivity contribution in [3.05, 3.63) is 24.3 Å². The third kappa shape index (κ3) is 2.88. The van der Waals surface area contributed by atoms with Crippen molar-refractivity contribution < 1.29 is 0 Å². The van der Waals surface area contributed by atoms with Gasteiger partial charge in [0, 0.05) is 12.2 Å². The van der Waals surface area contributed by atoms with Crippen molar-refractivity contribution in [1.29, 1.82) is 5.26 Å². The molecular weight excluding hydrogens is 244 g/mol. The molecule has 0 N–H and O–H groups in total. The molecule has 0 saturated heterocycles. The Morgan fingerprint density at radius 2 is 2.27 bits per heavy atom. The van der Waals surface area contributed by atoms with E-state index in [1.54, 1.807) is 32.9 Å². The lowest BCUT2D eigenvalue weighted by Crippen LogP contribution is -1.70. The minimum absolute atomic E-state index is 0.600. The molecule has 1 heterocycles. The molecule has 0 spiro atoms. The quantitative estimate of drug-likeness (QED) is 0.610. The van der Waals surface area contributed by atoms with Crippen molar-refractivity contribution in [3.63, 3.8) is 0 Å². The predicted molar refractivity (Wildman–Crippen MR) is 68.2 cm³/mol. The van der Waals surface area contributed by atoms with Crippen LogP contribution >= 0.6 is 32.9 Å². The normalized spacial score (nSPS) is 10.3.